The van der Waals surface area contributed by atoms with Crippen LogP contribution in [-0.2, 0) is 4.79 Å². The van der Waals surface area contributed by atoms with Crippen molar-refractivity contribution in [2.24, 2.45) is 0 Å². The minimum Gasteiger partial charge on any atom is -0.481 e. The Labute approximate surface area is 109 Å². The summed E-state index contributed by atoms with van der Waals surface area (Å²) in [6.45, 7) is 2.01. The molecule has 0 saturated carbocycles. The quantitative estimate of drug-likeness (QED) is 0.669. The summed E-state index contributed by atoms with van der Waals surface area (Å²) in [6, 6.07) is 3.17. The fraction of sp³-hybridized carbons (Fsp3) is 0.250. The third-order valence-electron chi connectivity index (χ3n) is 2.65. The first kappa shape index (κ1) is 12.9. The van der Waals surface area contributed by atoms with Crippen LogP contribution in [0.2, 0.25) is 0 Å². The zero-order valence-corrected chi connectivity index (χ0v) is 10.4. The molecule has 0 bridgehead atoms. The van der Waals surface area contributed by atoms with E-state index in [1.54, 1.807) is 12.3 Å². The number of hydrogen-bond acceptors (Lipinski definition) is 3. The second-order valence-corrected chi connectivity index (χ2v) is 4.15. The number of nitrogens with one attached hydrogen (secondary N) is 3. The van der Waals surface area contributed by atoms with Gasteiger partial charge in [0, 0.05) is 17.6 Å². The van der Waals surface area contributed by atoms with Gasteiger partial charge in [-0.1, -0.05) is 0 Å². The molecule has 4 N–H and O–H groups in total. The largest absolute Gasteiger partial charge is 0.481 e. The van der Waals surface area contributed by atoms with E-state index in [2.05, 4.69) is 20.8 Å². The van der Waals surface area contributed by atoms with Crippen LogP contribution in [0.3, 0.4) is 0 Å². The molecule has 0 aliphatic rings. The van der Waals surface area contributed by atoms with Gasteiger partial charge in [-0.25, -0.2) is 4.79 Å². The lowest BCUT2D eigenvalue weighted by molar-refractivity contribution is -0.136. The number of carboxylic acid groups (broad SMARTS) is 1. The lowest BCUT2D eigenvalue weighted by Gasteiger charge is -2.07. The molecule has 0 atom stereocenters. The Balaban J connectivity index is 2.00. The van der Waals surface area contributed by atoms with Crippen molar-refractivity contribution in [3.05, 3.63) is 23.9 Å². The topological polar surface area (TPSA) is 107 Å². The molecule has 100 valence electrons. The van der Waals surface area contributed by atoms with Crippen LogP contribution in [0.25, 0.3) is 10.9 Å². The Bertz CT molecular complexity index is 620. The number of aliphatic carboxylic acids is 1. The molecule has 0 saturated heterocycles. The number of amides is 2. The van der Waals surface area contributed by atoms with Crippen LogP contribution in [0.4, 0.5) is 10.5 Å². The van der Waals surface area contributed by atoms with Gasteiger partial charge < -0.3 is 15.7 Å². The van der Waals surface area contributed by atoms with Crippen LogP contribution >= 0.6 is 0 Å². The SMILES string of the molecule is Cc1cc(NC(=O)NCCC(=O)O)cc2[nH]ncc12. The molecule has 1 aromatic carbocycles. The summed E-state index contributed by atoms with van der Waals surface area (Å²) in [5, 5.41) is 21.3. The molecule has 0 aliphatic heterocycles. The molecule has 7 heteroatoms. The highest BCUT2D eigenvalue weighted by Crippen LogP contribution is 2.21. The summed E-state index contributed by atoms with van der Waals surface area (Å²) in [7, 11) is 0. The minimum absolute atomic E-state index is 0.0897. The van der Waals surface area contributed by atoms with Gasteiger partial charge in [0.05, 0.1) is 18.1 Å². The monoisotopic (exact) mass is 262 g/mol. The third-order valence-corrected chi connectivity index (χ3v) is 2.65. The molecule has 0 spiro atoms. The molecule has 0 aliphatic carbocycles. The number of urea groups is 1. The molecule has 2 amide bonds. The van der Waals surface area contributed by atoms with E-state index in [1.807, 2.05) is 13.0 Å². The van der Waals surface area contributed by atoms with E-state index in [9.17, 15) is 9.59 Å². The second kappa shape index (κ2) is 5.38. The van der Waals surface area contributed by atoms with Crippen molar-refractivity contribution in [2.45, 2.75) is 13.3 Å². The van der Waals surface area contributed by atoms with Crippen molar-refractivity contribution in [3.63, 3.8) is 0 Å². The smallest absolute Gasteiger partial charge is 0.319 e. The van der Waals surface area contributed by atoms with Gasteiger partial charge in [-0.3, -0.25) is 9.89 Å². The number of anilines is 1. The van der Waals surface area contributed by atoms with Gasteiger partial charge in [0.2, 0.25) is 0 Å². The van der Waals surface area contributed by atoms with Crippen LogP contribution < -0.4 is 10.6 Å². The van der Waals surface area contributed by atoms with Crippen LogP contribution in [0, 0.1) is 6.92 Å². The number of benzene rings is 1. The first-order valence-corrected chi connectivity index (χ1v) is 5.76. The molecule has 2 rings (SSSR count). The summed E-state index contributed by atoms with van der Waals surface area (Å²) in [6.07, 6.45) is 1.62. The average molecular weight is 262 g/mol. The van der Waals surface area contributed by atoms with Crippen molar-refractivity contribution < 1.29 is 14.7 Å². The van der Waals surface area contributed by atoms with E-state index in [0.29, 0.717) is 5.69 Å². The number of carboxylic acids is 1. The number of aromatic amines is 1. The number of carbonyl (C=O) groups is 2. The Morgan fingerprint density at radius 2 is 2.21 bits per heavy atom. The molecule has 1 aromatic heterocycles. The molecule has 0 unspecified atom stereocenters. The van der Waals surface area contributed by atoms with E-state index in [1.165, 1.54) is 0 Å². The maximum absolute atomic E-state index is 11.5. The Morgan fingerprint density at radius 3 is 2.95 bits per heavy atom. The van der Waals surface area contributed by atoms with Crippen molar-refractivity contribution in [2.75, 3.05) is 11.9 Å². The molecule has 2 aromatic rings. The van der Waals surface area contributed by atoms with Gasteiger partial charge in [0.15, 0.2) is 0 Å². The normalized spacial score (nSPS) is 10.4. The lowest BCUT2D eigenvalue weighted by Crippen LogP contribution is -2.30. The van der Waals surface area contributed by atoms with Gasteiger partial charge in [-0.05, 0) is 24.6 Å². The number of hydrogen-bond donors (Lipinski definition) is 4. The van der Waals surface area contributed by atoms with Gasteiger partial charge in [-0.2, -0.15) is 5.10 Å². The fourth-order valence-corrected chi connectivity index (χ4v) is 1.76. The average Bonchev–Trinajstić information content (AvgIpc) is 2.76. The van der Waals surface area contributed by atoms with Crippen LogP contribution in [-0.4, -0.2) is 33.8 Å². The summed E-state index contributed by atoms with van der Waals surface area (Å²) >= 11 is 0. The maximum Gasteiger partial charge on any atom is 0.319 e. The summed E-state index contributed by atoms with van der Waals surface area (Å²) in [5.41, 5.74) is 2.45. The van der Waals surface area contributed by atoms with Gasteiger partial charge in [0.1, 0.15) is 0 Å². The number of nitrogens with zero attached hydrogens (tertiary/aromatic N) is 1. The van der Waals surface area contributed by atoms with Gasteiger partial charge >= 0.3 is 12.0 Å². The summed E-state index contributed by atoms with van der Waals surface area (Å²) < 4.78 is 0. The number of rotatable bonds is 4. The molecular weight excluding hydrogens is 248 g/mol. The molecule has 0 fully saturated rings. The molecule has 1 heterocycles. The highest BCUT2D eigenvalue weighted by molar-refractivity contribution is 5.93. The van der Waals surface area contributed by atoms with Crippen molar-refractivity contribution in [1.29, 1.82) is 0 Å². The highest BCUT2D eigenvalue weighted by Gasteiger charge is 2.06. The van der Waals surface area contributed by atoms with E-state index in [-0.39, 0.29) is 13.0 Å². The maximum atomic E-state index is 11.5. The molecule has 19 heavy (non-hydrogen) atoms. The van der Waals surface area contributed by atoms with Crippen LogP contribution in [0.1, 0.15) is 12.0 Å². The number of fused-ring (bicyclic) bond motifs is 1. The summed E-state index contributed by atoms with van der Waals surface area (Å²) in [5.74, 6) is -0.949. The third kappa shape index (κ3) is 3.21. The summed E-state index contributed by atoms with van der Waals surface area (Å²) in [4.78, 5) is 21.9. The van der Waals surface area contributed by atoms with Crippen LogP contribution in [0.15, 0.2) is 18.3 Å². The molecular formula is C12H14N4O3. The van der Waals surface area contributed by atoms with Crippen molar-refractivity contribution in [1.82, 2.24) is 15.5 Å². The Kier molecular flexibility index (Phi) is 3.65. The van der Waals surface area contributed by atoms with Gasteiger partial charge in [-0.15, -0.1) is 0 Å². The highest BCUT2D eigenvalue weighted by atomic mass is 16.4. The number of aryl methyl sites for hydroxylation is 1. The Hall–Kier alpha value is -2.57. The molecule has 0 radical (unpaired) electrons. The standard InChI is InChI=1S/C12H14N4O3/c1-7-4-8(5-10-9(7)6-14-16-10)15-12(19)13-3-2-11(17)18/h4-6H,2-3H2,1H3,(H,14,16)(H,17,18)(H2,13,15,19). The number of aromatic nitrogens is 2. The predicted molar refractivity (Wildman–Crippen MR) is 70.1 cm³/mol. The zero-order valence-electron chi connectivity index (χ0n) is 10.4. The lowest BCUT2D eigenvalue weighted by atomic mass is 10.1. The molecule has 7 nitrogen and oxygen atoms in total. The van der Waals surface area contributed by atoms with E-state index in [4.69, 9.17) is 5.11 Å². The zero-order chi connectivity index (χ0) is 13.8. The van der Waals surface area contributed by atoms with E-state index in [0.717, 1.165) is 16.5 Å². The van der Waals surface area contributed by atoms with E-state index < -0.39 is 12.0 Å². The first-order valence-electron chi connectivity index (χ1n) is 5.76. The number of H-pyrrole nitrogens is 1. The van der Waals surface area contributed by atoms with Crippen LogP contribution in [0.5, 0.6) is 0 Å². The van der Waals surface area contributed by atoms with Gasteiger partial charge in [0.25, 0.3) is 0 Å². The predicted octanol–water partition coefficient (Wildman–Crippen LogP) is 1.47. The fourth-order valence-electron chi connectivity index (χ4n) is 1.76. The second-order valence-electron chi connectivity index (χ2n) is 4.15. The minimum atomic E-state index is -0.949. The van der Waals surface area contributed by atoms with E-state index >= 15 is 0 Å². The van der Waals surface area contributed by atoms with Crippen molar-refractivity contribution in [3.8, 4) is 0 Å². The van der Waals surface area contributed by atoms with Crippen molar-refractivity contribution >= 4 is 28.6 Å². The number of carbonyl (C=O) groups excluding carboxylic acids is 1. The first-order chi connectivity index (χ1) is 9.06. The Morgan fingerprint density at radius 1 is 1.42 bits per heavy atom.